The predicted octanol–water partition coefficient (Wildman–Crippen LogP) is 2.77. The molecule has 1 N–H and O–H groups in total. The third-order valence-electron chi connectivity index (χ3n) is 4.52. The van der Waals surface area contributed by atoms with Gasteiger partial charge in [0.1, 0.15) is 0 Å². The molecule has 0 saturated carbocycles. The zero-order chi connectivity index (χ0) is 14.6. The van der Waals surface area contributed by atoms with E-state index in [1.165, 1.54) is 0 Å². The van der Waals surface area contributed by atoms with Gasteiger partial charge in [0.15, 0.2) is 0 Å². The van der Waals surface area contributed by atoms with Crippen LogP contribution in [0.2, 0.25) is 0 Å². The third kappa shape index (κ3) is 3.71. The average molecular weight is 269 g/mol. The van der Waals surface area contributed by atoms with Crippen molar-refractivity contribution in [3.8, 4) is 0 Å². The maximum atomic E-state index is 12.4. The smallest absolute Gasteiger partial charge is 0.310 e. The monoisotopic (exact) mass is 269 g/mol. The number of carboxylic acids is 1. The molecule has 0 bridgehead atoms. The number of aliphatic carboxylic acids is 1. The van der Waals surface area contributed by atoms with E-state index in [1.54, 1.807) is 0 Å². The van der Waals surface area contributed by atoms with Gasteiger partial charge in [0.25, 0.3) is 0 Å². The van der Waals surface area contributed by atoms with Crippen molar-refractivity contribution in [1.82, 2.24) is 4.90 Å². The van der Waals surface area contributed by atoms with Crippen LogP contribution in [0.1, 0.15) is 53.4 Å². The minimum Gasteiger partial charge on any atom is -0.481 e. The lowest BCUT2D eigenvalue weighted by Gasteiger charge is -2.37. The number of hydrogen-bond acceptors (Lipinski definition) is 2. The Morgan fingerprint density at radius 2 is 1.63 bits per heavy atom. The lowest BCUT2D eigenvalue weighted by Crippen LogP contribution is -2.45. The van der Waals surface area contributed by atoms with Crippen LogP contribution in [0.5, 0.6) is 0 Å². The molecule has 0 aliphatic carbocycles. The highest BCUT2D eigenvalue weighted by Crippen LogP contribution is 2.33. The first-order valence-electron chi connectivity index (χ1n) is 7.35. The van der Waals surface area contributed by atoms with Crippen LogP contribution >= 0.6 is 0 Å². The van der Waals surface area contributed by atoms with Crippen LogP contribution in [-0.2, 0) is 9.59 Å². The van der Waals surface area contributed by atoms with Crippen LogP contribution in [0.3, 0.4) is 0 Å². The number of carbonyl (C=O) groups is 2. The molecule has 19 heavy (non-hydrogen) atoms. The normalized spacial score (nSPS) is 24.3. The molecule has 1 saturated heterocycles. The Hall–Kier alpha value is -1.06. The van der Waals surface area contributed by atoms with Crippen molar-refractivity contribution < 1.29 is 14.7 Å². The molecule has 0 aromatic carbocycles. The molecule has 1 heterocycles. The Balaban J connectivity index is 2.74. The highest BCUT2D eigenvalue weighted by atomic mass is 16.4. The molecule has 1 amide bonds. The van der Waals surface area contributed by atoms with Crippen molar-refractivity contribution in [1.29, 1.82) is 0 Å². The summed E-state index contributed by atoms with van der Waals surface area (Å²) < 4.78 is 0. The molecule has 4 heteroatoms. The Kier molecular flexibility index (Phi) is 5.39. The topological polar surface area (TPSA) is 57.6 Å². The van der Waals surface area contributed by atoms with Gasteiger partial charge in [-0.3, -0.25) is 9.59 Å². The van der Waals surface area contributed by atoms with Gasteiger partial charge in [0, 0.05) is 19.5 Å². The standard InChI is InChI=1S/C15H27NO3/c1-5-15(6-2,14(18)19)8-13(17)16-9-11(3)7-12(4)10-16/h11-12H,5-10H2,1-4H3,(H,18,19). The summed E-state index contributed by atoms with van der Waals surface area (Å²) in [6.07, 6.45) is 2.29. The summed E-state index contributed by atoms with van der Waals surface area (Å²) in [5.41, 5.74) is -0.888. The molecule has 110 valence electrons. The fourth-order valence-corrected chi connectivity index (χ4v) is 3.15. The minimum atomic E-state index is -0.888. The van der Waals surface area contributed by atoms with Gasteiger partial charge in [0.05, 0.1) is 5.41 Å². The third-order valence-corrected chi connectivity index (χ3v) is 4.52. The lowest BCUT2D eigenvalue weighted by molar-refractivity contribution is -0.155. The van der Waals surface area contributed by atoms with Gasteiger partial charge in [-0.25, -0.2) is 0 Å². The summed E-state index contributed by atoms with van der Waals surface area (Å²) in [4.78, 5) is 25.7. The Morgan fingerprint density at radius 3 is 2.00 bits per heavy atom. The fourth-order valence-electron chi connectivity index (χ4n) is 3.15. The van der Waals surface area contributed by atoms with Crippen LogP contribution in [-0.4, -0.2) is 35.0 Å². The quantitative estimate of drug-likeness (QED) is 0.835. The molecule has 2 atom stereocenters. The zero-order valence-corrected chi connectivity index (χ0v) is 12.6. The number of carbonyl (C=O) groups excluding carboxylic acids is 1. The molecule has 2 unspecified atom stereocenters. The molecule has 1 aliphatic rings. The largest absolute Gasteiger partial charge is 0.481 e. The number of hydrogen-bond donors (Lipinski definition) is 1. The number of nitrogens with zero attached hydrogens (tertiary/aromatic N) is 1. The van der Waals surface area contributed by atoms with Gasteiger partial charge in [0.2, 0.25) is 5.91 Å². The van der Waals surface area contributed by atoms with Crippen molar-refractivity contribution in [2.24, 2.45) is 17.3 Å². The summed E-state index contributed by atoms with van der Waals surface area (Å²) >= 11 is 0. The molecule has 4 nitrogen and oxygen atoms in total. The second-order valence-corrected chi connectivity index (χ2v) is 6.21. The number of rotatable bonds is 5. The molecule has 0 spiro atoms. The fraction of sp³-hybridized carbons (Fsp3) is 0.867. The van der Waals surface area contributed by atoms with E-state index in [9.17, 15) is 14.7 Å². The van der Waals surface area contributed by atoms with E-state index in [1.807, 2.05) is 18.7 Å². The summed E-state index contributed by atoms with van der Waals surface area (Å²) in [6, 6.07) is 0. The van der Waals surface area contributed by atoms with Gasteiger partial charge < -0.3 is 10.0 Å². The molecule has 1 fully saturated rings. The van der Waals surface area contributed by atoms with E-state index >= 15 is 0 Å². The first-order chi connectivity index (χ1) is 8.84. The number of carboxylic acid groups (broad SMARTS) is 1. The molecule has 0 aromatic heterocycles. The predicted molar refractivity (Wildman–Crippen MR) is 74.8 cm³/mol. The first-order valence-corrected chi connectivity index (χ1v) is 7.35. The van der Waals surface area contributed by atoms with Gasteiger partial charge >= 0.3 is 5.97 Å². The van der Waals surface area contributed by atoms with Crippen molar-refractivity contribution in [3.63, 3.8) is 0 Å². The van der Waals surface area contributed by atoms with E-state index in [0.29, 0.717) is 24.7 Å². The molecular weight excluding hydrogens is 242 g/mol. The highest BCUT2D eigenvalue weighted by molar-refractivity contribution is 5.85. The molecule has 0 aromatic rings. The molecule has 1 aliphatic heterocycles. The maximum absolute atomic E-state index is 12.4. The van der Waals surface area contributed by atoms with Crippen molar-refractivity contribution >= 4 is 11.9 Å². The summed E-state index contributed by atoms with van der Waals surface area (Å²) in [6.45, 7) is 9.55. The Labute approximate surface area is 116 Å². The Morgan fingerprint density at radius 1 is 1.16 bits per heavy atom. The minimum absolute atomic E-state index is 0.00417. The second-order valence-electron chi connectivity index (χ2n) is 6.21. The van der Waals surface area contributed by atoms with E-state index in [2.05, 4.69) is 13.8 Å². The SMILES string of the molecule is CCC(CC)(CC(=O)N1CC(C)CC(C)C1)C(=O)O. The zero-order valence-electron chi connectivity index (χ0n) is 12.6. The van der Waals surface area contributed by atoms with E-state index in [4.69, 9.17) is 0 Å². The number of likely N-dealkylation sites (tertiary alicyclic amines) is 1. The van der Waals surface area contributed by atoms with E-state index < -0.39 is 11.4 Å². The first kappa shape index (κ1) is 16.0. The lowest BCUT2D eigenvalue weighted by atomic mass is 9.78. The van der Waals surface area contributed by atoms with Crippen molar-refractivity contribution in [2.45, 2.75) is 53.4 Å². The molecular formula is C15H27NO3. The van der Waals surface area contributed by atoms with Crippen LogP contribution in [0.15, 0.2) is 0 Å². The summed E-state index contributed by atoms with van der Waals surface area (Å²) in [5.74, 6) is 0.179. The van der Waals surface area contributed by atoms with E-state index in [-0.39, 0.29) is 12.3 Å². The second kappa shape index (κ2) is 6.40. The number of amides is 1. The van der Waals surface area contributed by atoms with Gasteiger partial charge in [-0.05, 0) is 31.1 Å². The van der Waals surface area contributed by atoms with Gasteiger partial charge in [-0.15, -0.1) is 0 Å². The van der Waals surface area contributed by atoms with E-state index in [0.717, 1.165) is 19.5 Å². The summed E-state index contributed by atoms with van der Waals surface area (Å²) in [5, 5.41) is 9.40. The average Bonchev–Trinajstić information content (AvgIpc) is 2.34. The van der Waals surface area contributed by atoms with Crippen molar-refractivity contribution in [2.75, 3.05) is 13.1 Å². The van der Waals surface area contributed by atoms with Gasteiger partial charge in [-0.2, -0.15) is 0 Å². The van der Waals surface area contributed by atoms with Crippen LogP contribution in [0, 0.1) is 17.3 Å². The van der Waals surface area contributed by atoms with Crippen LogP contribution < -0.4 is 0 Å². The van der Waals surface area contributed by atoms with Crippen LogP contribution in [0.25, 0.3) is 0 Å². The highest BCUT2D eigenvalue weighted by Gasteiger charge is 2.39. The Bertz CT molecular complexity index is 326. The number of piperidine rings is 1. The molecule has 1 rings (SSSR count). The molecule has 0 radical (unpaired) electrons. The van der Waals surface area contributed by atoms with Gasteiger partial charge in [-0.1, -0.05) is 27.7 Å². The van der Waals surface area contributed by atoms with Crippen molar-refractivity contribution in [3.05, 3.63) is 0 Å². The summed E-state index contributed by atoms with van der Waals surface area (Å²) in [7, 11) is 0. The van der Waals surface area contributed by atoms with Crippen LogP contribution in [0.4, 0.5) is 0 Å². The maximum Gasteiger partial charge on any atom is 0.310 e.